The quantitative estimate of drug-likeness (QED) is 0.527. The van der Waals surface area contributed by atoms with Crippen molar-refractivity contribution in [3.05, 3.63) is 23.8 Å². The lowest BCUT2D eigenvalue weighted by atomic mass is 9.52. The molecule has 4 aliphatic carbocycles. The summed E-state index contributed by atoms with van der Waals surface area (Å²) in [7, 11) is 0. The third-order valence-corrected chi connectivity index (χ3v) is 9.51. The third kappa shape index (κ3) is 3.66. The maximum atomic E-state index is 12.2. The van der Waals surface area contributed by atoms with Crippen molar-refractivity contribution >= 4 is 0 Å². The molecule has 0 heterocycles. The molecule has 0 spiro atoms. The van der Waals surface area contributed by atoms with Crippen molar-refractivity contribution in [1.82, 2.24) is 0 Å². The van der Waals surface area contributed by atoms with Crippen LogP contribution in [0.15, 0.2) is 23.8 Å². The van der Waals surface area contributed by atoms with E-state index in [4.69, 9.17) is 0 Å². The van der Waals surface area contributed by atoms with Gasteiger partial charge in [0.05, 0.1) is 5.60 Å². The summed E-state index contributed by atoms with van der Waals surface area (Å²) < 4.78 is 0. The lowest BCUT2D eigenvalue weighted by Gasteiger charge is -2.55. The molecule has 0 aromatic carbocycles. The van der Waals surface area contributed by atoms with Gasteiger partial charge in [-0.2, -0.15) is 0 Å². The summed E-state index contributed by atoms with van der Waals surface area (Å²) in [5.41, 5.74) is 1.40. The highest BCUT2D eigenvalue weighted by Gasteiger charge is 2.60. The first kappa shape index (κ1) is 20.7. The van der Waals surface area contributed by atoms with Gasteiger partial charge in [0.1, 0.15) is 0 Å². The minimum Gasteiger partial charge on any atom is -0.389 e. The summed E-state index contributed by atoms with van der Waals surface area (Å²) in [6.45, 7) is 9.78. The number of hydrogen-bond acceptors (Lipinski definition) is 1. The van der Waals surface area contributed by atoms with E-state index in [0.29, 0.717) is 17.3 Å². The van der Waals surface area contributed by atoms with Crippen molar-refractivity contribution in [2.45, 2.75) is 104 Å². The first-order chi connectivity index (χ1) is 13.3. The van der Waals surface area contributed by atoms with Crippen LogP contribution in [0.4, 0.5) is 0 Å². The van der Waals surface area contributed by atoms with Crippen molar-refractivity contribution in [2.24, 2.45) is 40.9 Å². The molecule has 0 amide bonds. The summed E-state index contributed by atoms with van der Waals surface area (Å²) in [5.74, 6) is 4.25. The number of allylic oxidation sites excluding steroid dienone is 3. The largest absolute Gasteiger partial charge is 0.389 e. The highest BCUT2D eigenvalue weighted by atomic mass is 16.3. The van der Waals surface area contributed by atoms with Gasteiger partial charge in [-0.15, -0.1) is 0 Å². The zero-order chi connectivity index (χ0) is 19.9. The molecule has 0 aromatic heterocycles. The minimum atomic E-state index is -0.450. The van der Waals surface area contributed by atoms with Crippen LogP contribution in [0.2, 0.25) is 0 Å². The van der Waals surface area contributed by atoms with Crippen LogP contribution in [0.5, 0.6) is 0 Å². The Morgan fingerprint density at radius 2 is 1.96 bits per heavy atom. The lowest BCUT2D eigenvalue weighted by Crippen LogP contribution is -2.55. The second-order valence-corrected chi connectivity index (χ2v) is 11.7. The minimum absolute atomic E-state index is 0.352. The maximum Gasteiger partial charge on any atom is 0.0743 e. The Labute approximate surface area is 174 Å². The molecule has 7 atom stereocenters. The van der Waals surface area contributed by atoms with Crippen molar-refractivity contribution in [3.8, 4) is 0 Å². The van der Waals surface area contributed by atoms with Gasteiger partial charge < -0.3 is 5.11 Å². The summed E-state index contributed by atoms with van der Waals surface area (Å²) in [6.07, 6.45) is 21.1. The predicted octanol–water partition coefficient (Wildman–Crippen LogP) is 7.31. The molecule has 0 radical (unpaired) electrons. The summed E-state index contributed by atoms with van der Waals surface area (Å²) in [4.78, 5) is 0. The Balaban J connectivity index is 1.53. The van der Waals surface area contributed by atoms with E-state index in [1.807, 2.05) is 0 Å². The number of hydrogen-bond donors (Lipinski definition) is 1. The molecule has 1 nitrogen and oxygen atoms in total. The van der Waals surface area contributed by atoms with E-state index in [1.165, 1.54) is 69.8 Å². The number of aliphatic hydroxyl groups is 1. The van der Waals surface area contributed by atoms with Gasteiger partial charge >= 0.3 is 0 Å². The Hall–Kier alpha value is -0.560. The van der Waals surface area contributed by atoms with Crippen LogP contribution < -0.4 is 0 Å². The number of fused-ring (bicyclic) bond motifs is 5. The standard InChI is InChI=1S/C27H44O/c1-19(2)7-5-8-20(3)24-11-12-25-26(24,4)15-14-23-18-22-10-6-9-21(17-22)13-16-27(23,25)28/h6,9,13,19-20,22-25,28H,5,7-8,10-12,14-18H2,1-4H3/b21-13-/t20-,22?,23?,24-,25?,26-,27+/m1/s1. The van der Waals surface area contributed by atoms with E-state index < -0.39 is 5.60 Å². The average Bonchev–Trinajstić information content (AvgIpc) is 3.00. The molecule has 2 saturated carbocycles. The molecule has 4 rings (SSSR count). The van der Waals surface area contributed by atoms with E-state index in [1.54, 1.807) is 0 Å². The van der Waals surface area contributed by atoms with E-state index >= 15 is 0 Å². The Kier molecular flexibility index (Phi) is 5.87. The van der Waals surface area contributed by atoms with Gasteiger partial charge in [-0.1, -0.05) is 70.8 Å². The zero-order valence-corrected chi connectivity index (χ0v) is 18.9. The first-order valence-corrected chi connectivity index (χ1v) is 12.4. The molecule has 0 aromatic rings. The predicted molar refractivity (Wildman–Crippen MR) is 119 cm³/mol. The van der Waals surface area contributed by atoms with Crippen molar-refractivity contribution < 1.29 is 5.11 Å². The molecule has 0 aliphatic heterocycles. The highest BCUT2D eigenvalue weighted by molar-refractivity contribution is 5.26. The molecule has 1 heteroatoms. The van der Waals surface area contributed by atoms with Gasteiger partial charge in [0.25, 0.3) is 0 Å². The molecular weight excluding hydrogens is 340 g/mol. The first-order valence-electron chi connectivity index (χ1n) is 12.4. The van der Waals surface area contributed by atoms with E-state index in [2.05, 4.69) is 45.9 Å². The van der Waals surface area contributed by atoms with Crippen LogP contribution in [-0.4, -0.2) is 10.7 Å². The molecular formula is C27H44O. The SMILES string of the molecule is CC(C)CCC[C@@H](C)[C@H]1CCC2[C@]3(O)C/C=C4/C=CCC(C4)CC3CC[C@@]21C. The fourth-order valence-electron chi connectivity index (χ4n) is 8.00. The molecule has 4 aliphatic rings. The van der Waals surface area contributed by atoms with Crippen LogP contribution in [0.25, 0.3) is 0 Å². The summed E-state index contributed by atoms with van der Waals surface area (Å²) in [5, 5.41) is 12.2. The molecule has 28 heavy (non-hydrogen) atoms. The normalized spacial score (nSPS) is 45.6. The second-order valence-electron chi connectivity index (χ2n) is 11.7. The zero-order valence-electron chi connectivity index (χ0n) is 18.9. The highest BCUT2D eigenvalue weighted by Crippen LogP contribution is 2.64. The number of rotatable bonds is 5. The van der Waals surface area contributed by atoms with E-state index in [-0.39, 0.29) is 0 Å². The summed E-state index contributed by atoms with van der Waals surface area (Å²) >= 11 is 0. The molecule has 3 unspecified atom stereocenters. The fraction of sp³-hybridized carbons (Fsp3) is 0.852. The smallest absolute Gasteiger partial charge is 0.0743 e. The third-order valence-electron chi connectivity index (χ3n) is 9.51. The fourth-order valence-corrected chi connectivity index (χ4v) is 8.00. The Morgan fingerprint density at radius 3 is 2.75 bits per heavy atom. The van der Waals surface area contributed by atoms with Crippen molar-refractivity contribution in [1.29, 1.82) is 0 Å². The van der Waals surface area contributed by atoms with Crippen LogP contribution in [-0.2, 0) is 0 Å². The molecule has 2 bridgehead atoms. The van der Waals surface area contributed by atoms with Gasteiger partial charge in [0, 0.05) is 0 Å². The molecule has 1 N–H and O–H groups in total. The van der Waals surface area contributed by atoms with Crippen LogP contribution in [0.1, 0.15) is 98.3 Å². The molecule has 2 fully saturated rings. The molecule has 0 saturated heterocycles. The molecule has 158 valence electrons. The Bertz CT molecular complexity index is 616. The van der Waals surface area contributed by atoms with Crippen LogP contribution >= 0.6 is 0 Å². The van der Waals surface area contributed by atoms with Gasteiger partial charge in [0.15, 0.2) is 0 Å². The maximum absolute atomic E-state index is 12.2. The topological polar surface area (TPSA) is 20.2 Å². The van der Waals surface area contributed by atoms with Crippen molar-refractivity contribution in [3.63, 3.8) is 0 Å². The second kappa shape index (κ2) is 7.93. The van der Waals surface area contributed by atoms with Crippen molar-refractivity contribution in [2.75, 3.05) is 0 Å². The van der Waals surface area contributed by atoms with Gasteiger partial charge in [0.2, 0.25) is 0 Å². The average molecular weight is 385 g/mol. The Morgan fingerprint density at radius 1 is 1.14 bits per heavy atom. The van der Waals surface area contributed by atoms with Gasteiger partial charge in [-0.05, 0) is 92.3 Å². The van der Waals surface area contributed by atoms with Crippen LogP contribution in [0, 0.1) is 40.9 Å². The lowest BCUT2D eigenvalue weighted by molar-refractivity contribution is -0.151. The van der Waals surface area contributed by atoms with E-state index in [9.17, 15) is 5.11 Å². The monoisotopic (exact) mass is 384 g/mol. The van der Waals surface area contributed by atoms with E-state index in [0.717, 1.165) is 30.1 Å². The summed E-state index contributed by atoms with van der Waals surface area (Å²) in [6, 6.07) is 0. The van der Waals surface area contributed by atoms with Gasteiger partial charge in [-0.3, -0.25) is 0 Å². The van der Waals surface area contributed by atoms with Crippen LogP contribution in [0.3, 0.4) is 0 Å². The van der Waals surface area contributed by atoms with Gasteiger partial charge in [-0.25, -0.2) is 0 Å².